The number of carbonyl (C=O) groups excluding carboxylic acids is 1. The number of hydrogen-bond donors (Lipinski definition) is 1. The largest absolute Gasteiger partial charge is 0.494 e. The Hall–Kier alpha value is -4.39. The molecule has 9 nitrogen and oxygen atoms in total. The number of oxime groups is 1. The number of aryl methyl sites for hydroxylation is 1. The van der Waals surface area contributed by atoms with E-state index >= 15 is 0 Å². The Morgan fingerprint density at radius 1 is 1.30 bits per heavy atom. The molecule has 2 aromatic heterocycles. The Labute approximate surface area is 188 Å². The topological polar surface area (TPSA) is 122 Å². The van der Waals surface area contributed by atoms with Gasteiger partial charge in [0.2, 0.25) is 0 Å². The van der Waals surface area contributed by atoms with E-state index in [0.29, 0.717) is 40.5 Å². The summed E-state index contributed by atoms with van der Waals surface area (Å²) in [7, 11) is 1.38. The number of halogens is 1. The van der Waals surface area contributed by atoms with Crippen molar-refractivity contribution in [2.24, 2.45) is 5.16 Å². The molecule has 0 bridgehead atoms. The first-order valence-corrected chi connectivity index (χ1v) is 10.0. The molecule has 1 aliphatic heterocycles. The number of ether oxygens (including phenoxy) is 1. The average molecular weight is 446 g/mol. The van der Waals surface area contributed by atoms with Crippen LogP contribution in [-0.2, 0) is 11.4 Å². The second-order valence-corrected chi connectivity index (χ2v) is 7.26. The number of methoxy groups -OCH3 is 1. The highest BCUT2D eigenvalue weighted by Gasteiger charge is 2.27. The summed E-state index contributed by atoms with van der Waals surface area (Å²) in [5.41, 5.74) is 3.00. The molecular weight excluding hydrogens is 427 g/mol. The lowest BCUT2D eigenvalue weighted by Gasteiger charge is -2.09. The van der Waals surface area contributed by atoms with Gasteiger partial charge in [-0.25, -0.2) is 14.4 Å². The summed E-state index contributed by atoms with van der Waals surface area (Å²) in [6, 6.07) is 11.3. The molecule has 0 spiro atoms. The minimum absolute atomic E-state index is 0.104. The molecule has 0 aliphatic carbocycles. The van der Waals surface area contributed by atoms with Gasteiger partial charge in [-0.1, -0.05) is 11.2 Å². The van der Waals surface area contributed by atoms with Crippen LogP contribution in [0.25, 0.3) is 0 Å². The molecule has 1 atom stereocenters. The van der Waals surface area contributed by atoms with Gasteiger partial charge in [0.1, 0.15) is 23.3 Å². The van der Waals surface area contributed by atoms with E-state index in [1.807, 2.05) is 6.07 Å². The van der Waals surface area contributed by atoms with Gasteiger partial charge in [-0.3, -0.25) is 9.78 Å². The number of nitriles is 1. The van der Waals surface area contributed by atoms with E-state index in [9.17, 15) is 9.18 Å². The molecule has 0 radical (unpaired) electrons. The number of pyridine rings is 1. The third-order valence-electron chi connectivity index (χ3n) is 4.95. The normalized spacial score (nSPS) is 14.7. The van der Waals surface area contributed by atoms with Crippen LogP contribution in [0.4, 0.5) is 4.39 Å². The third-order valence-corrected chi connectivity index (χ3v) is 4.95. The maximum absolute atomic E-state index is 13.6. The number of carbonyl (C=O) groups is 1. The van der Waals surface area contributed by atoms with Crippen LogP contribution in [-0.4, -0.2) is 33.7 Å². The van der Waals surface area contributed by atoms with Gasteiger partial charge in [0.15, 0.2) is 17.7 Å². The van der Waals surface area contributed by atoms with Crippen molar-refractivity contribution < 1.29 is 18.8 Å². The van der Waals surface area contributed by atoms with Crippen LogP contribution in [0.15, 0.2) is 47.8 Å². The molecule has 33 heavy (non-hydrogen) atoms. The lowest BCUT2D eigenvalue weighted by molar-refractivity contribution is 0.0826. The molecule has 1 aliphatic rings. The molecule has 1 aromatic carbocycles. The number of nitrogens with one attached hydrogen (secondary N) is 1. The van der Waals surface area contributed by atoms with Crippen LogP contribution in [0.2, 0.25) is 0 Å². The predicted octanol–water partition coefficient (Wildman–Crippen LogP) is 3.00. The summed E-state index contributed by atoms with van der Waals surface area (Å²) in [5, 5.41) is 15.8. The summed E-state index contributed by atoms with van der Waals surface area (Å²) in [6.45, 7) is 1.85. The Morgan fingerprint density at radius 3 is 2.88 bits per heavy atom. The van der Waals surface area contributed by atoms with Crippen LogP contribution in [0, 0.1) is 24.1 Å². The standard InChI is InChI=1S/C23H19FN6O3/c1-13-28-18(19-9-22(33-30-19)17-6-4-15(10-25)12-26-17)8-20(29-13)23(31)27-11-14-3-5-16(24)21(7-14)32-2/h3-8,12,22H,9,11H2,1-2H3,(H,27,31). The fourth-order valence-electron chi connectivity index (χ4n) is 3.27. The van der Waals surface area contributed by atoms with Crippen molar-refractivity contribution in [1.29, 1.82) is 5.26 Å². The number of nitrogens with zero attached hydrogens (tertiary/aromatic N) is 5. The van der Waals surface area contributed by atoms with Gasteiger partial charge in [-0.05, 0) is 42.8 Å². The summed E-state index contributed by atoms with van der Waals surface area (Å²) < 4.78 is 18.5. The van der Waals surface area contributed by atoms with Crippen LogP contribution in [0.3, 0.4) is 0 Å². The summed E-state index contributed by atoms with van der Waals surface area (Å²) in [6.07, 6.45) is 1.48. The zero-order valence-corrected chi connectivity index (χ0v) is 17.9. The van der Waals surface area contributed by atoms with Crippen molar-refractivity contribution in [3.05, 3.63) is 82.4 Å². The average Bonchev–Trinajstić information content (AvgIpc) is 3.33. The molecule has 0 fully saturated rings. The van der Waals surface area contributed by atoms with E-state index in [0.717, 1.165) is 0 Å². The summed E-state index contributed by atoms with van der Waals surface area (Å²) >= 11 is 0. The minimum Gasteiger partial charge on any atom is -0.494 e. The van der Waals surface area contributed by atoms with Gasteiger partial charge in [0, 0.05) is 19.2 Å². The van der Waals surface area contributed by atoms with E-state index in [1.165, 1.54) is 25.4 Å². The monoisotopic (exact) mass is 446 g/mol. The van der Waals surface area contributed by atoms with Gasteiger partial charge in [-0.15, -0.1) is 0 Å². The van der Waals surface area contributed by atoms with Gasteiger partial charge < -0.3 is 14.9 Å². The van der Waals surface area contributed by atoms with Crippen molar-refractivity contribution in [3.63, 3.8) is 0 Å². The fraction of sp³-hybridized carbons (Fsp3) is 0.217. The highest BCUT2D eigenvalue weighted by atomic mass is 19.1. The van der Waals surface area contributed by atoms with Crippen molar-refractivity contribution in [1.82, 2.24) is 20.3 Å². The SMILES string of the molecule is COc1cc(CNC(=O)c2cc(C3=NOC(c4ccc(C#N)cn4)C3)nc(C)n2)ccc1F. The second-order valence-electron chi connectivity index (χ2n) is 7.26. The predicted molar refractivity (Wildman–Crippen MR) is 115 cm³/mol. The molecule has 3 heterocycles. The smallest absolute Gasteiger partial charge is 0.270 e. The highest BCUT2D eigenvalue weighted by Crippen LogP contribution is 2.28. The molecule has 0 saturated heterocycles. The van der Waals surface area contributed by atoms with Crippen LogP contribution >= 0.6 is 0 Å². The Morgan fingerprint density at radius 2 is 2.15 bits per heavy atom. The third kappa shape index (κ3) is 4.93. The molecule has 3 aromatic rings. The van der Waals surface area contributed by atoms with Gasteiger partial charge in [0.05, 0.1) is 24.1 Å². The van der Waals surface area contributed by atoms with Crippen LogP contribution < -0.4 is 10.1 Å². The van der Waals surface area contributed by atoms with Gasteiger partial charge >= 0.3 is 0 Å². The van der Waals surface area contributed by atoms with E-state index in [1.54, 1.807) is 31.2 Å². The number of hydrogen-bond acceptors (Lipinski definition) is 8. The molecule has 1 N–H and O–H groups in total. The van der Waals surface area contributed by atoms with Gasteiger partial charge in [0.25, 0.3) is 5.91 Å². The van der Waals surface area contributed by atoms with E-state index < -0.39 is 17.8 Å². The van der Waals surface area contributed by atoms with Crippen LogP contribution in [0.5, 0.6) is 5.75 Å². The van der Waals surface area contributed by atoms with E-state index in [4.69, 9.17) is 14.8 Å². The summed E-state index contributed by atoms with van der Waals surface area (Å²) in [5.74, 6) is -0.371. The summed E-state index contributed by atoms with van der Waals surface area (Å²) in [4.78, 5) is 31.0. The molecular formula is C23H19FN6O3. The lowest BCUT2D eigenvalue weighted by atomic mass is 10.1. The number of amides is 1. The number of rotatable bonds is 6. The maximum atomic E-state index is 13.6. The maximum Gasteiger partial charge on any atom is 0.270 e. The molecule has 1 unspecified atom stereocenters. The first-order valence-electron chi connectivity index (χ1n) is 10.0. The minimum atomic E-state index is -0.474. The molecule has 1 amide bonds. The second kappa shape index (κ2) is 9.40. The molecule has 10 heteroatoms. The number of benzene rings is 1. The van der Waals surface area contributed by atoms with Gasteiger partial charge in [-0.2, -0.15) is 5.26 Å². The first kappa shape index (κ1) is 21.8. The van der Waals surface area contributed by atoms with Crippen molar-refractivity contribution in [2.75, 3.05) is 7.11 Å². The molecule has 4 rings (SSSR count). The van der Waals surface area contributed by atoms with Crippen molar-refractivity contribution in [3.8, 4) is 11.8 Å². The van der Waals surface area contributed by atoms with Crippen molar-refractivity contribution in [2.45, 2.75) is 26.0 Å². The molecule has 0 saturated carbocycles. The van der Waals surface area contributed by atoms with E-state index in [2.05, 4.69) is 25.4 Å². The highest BCUT2D eigenvalue weighted by molar-refractivity contribution is 6.02. The Kier molecular flexibility index (Phi) is 6.22. The quantitative estimate of drug-likeness (QED) is 0.617. The Bertz CT molecular complexity index is 1270. The molecule has 166 valence electrons. The zero-order valence-electron chi connectivity index (χ0n) is 17.9. The fourth-order valence-corrected chi connectivity index (χ4v) is 3.27. The lowest BCUT2D eigenvalue weighted by Crippen LogP contribution is -2.25. The zero-order chi connectivity index (χ0) is 23.4. The van der Waals surface area contributed by atoms with Crippen molar-refractivity contribution >= 4 is 11.6 Å². The Balaban J connectivity index is 1.45. The number of aromatic nitrogens is 3. The first-order chi connectivity index (χ1) is 16.0. The van der Waals surface area contributed by atoms with E-state index in [-0.39, 0.29) is 18.0 Å². The van der Waals surface area contributed by atoms with Crippen LogP contribution in [0.1, 0.15) is 51.4 Å².